The summed E-state index contributed by atoms with van der Waals surface area (Å²) >= 11 is 5.77. The lowest BCUT2D eigenvalue weighted by Crippen LogP contribution is -2.39. The van der Waals surface area contributed by atoms with E-state index in [-0.39, 0.29) is 26.8 Å². The first-order valence-electron chi connectivity index (χ1n) is 6.24. The second kappa shape index (κ2) is 5.54. The topological polar surface area (TPSA) is 63.2 Å². The molecule has 20 heavy (non-hydrogen) atoms. The van der Waals surface area contributed by atoms with Crippen LogP contribution >= 0.6 is 22.3 Å². The predicted octanol–water partition coefficient (Wildman–Crippen LogP) is 3.19. The van der Waals surface area contributed by atoms with Crippen molar-refractivity contribution in [2.24, 2.45) is 5.41 Å². The molecule has 0 bridgehead atoms. The van der Waals surface area contributed by atoms with Gasteiger partial charge in [0, 0.05) is 22.8 Å². The van der Waals surface area contributed by atoms with Crippen LogP contribution in [0.3, 0.4) is 0 Å². The molecule has 0 spiro atoms. The van der Waals surface area contributed by atoms with Crippen LogP contribution in [0.4, 0.5) is 0 Å². The molecule has 0 atom stereocenters. The Hall–Kier alpha value is -0.780. The van der Waals surface area contributed by atoms with Gasteiger partial charge in [0.25, 0.3) is 15.0 Å². The van der Waals surface area contributed by atoms with Crippen molar-refractivity contribution in [1.29, 1.82) is 0 Å². The molecular formula is C13H15Cl2NO3S. The Morgan fingerprint density at radius 2 is 2.05 bits per heavy atom. The molecule has 2 rings (SSSR count). The summed E-state index contributed by atoms with van der Waals surface area (Å²) in [5.41, 5.74) is 0.389. The third kappa shape index (κ3) is 3.45. The van der Waals surface area contributed by atoms with Gasteiger partial charge < -0.3 is 5.32 Å². The number of halogens is 2. The van der Waals surface area contributed by atoms with Crippen molar-refractivity contribution in [3.63, 3.8) is 0 Å². The monoisotopic (exact) mass is 335 g/mol. The van der Waals surface area contributed by atoms with Gasteiger partial charge in [0.15, 0.2) is 0 Å². The summed E-state index contributed by atoms with van der Waals surface area (Å²) in [6.45, 7) is 2.70. The summed E-state index contributed by atoms with van der Waals surface area (Å²) in [6, 6.07) is 4.03. The van der Waals surface area contributed by atoms with E-state index >= 15 is 0 Å². The quantitative estimate of drug-likeness (QED) is 0.859. The van der Waals surface area contributed by atoms with Crippen LogP contribution in [-0.4, -0.2) is 20.9 Å². The molecule has 0 aliphatic heterocycles. The highest BCUT2D eigenvalue weighted by atomic mass is 35.7. The van der Waals surface area contributed by atoms with Crippen LogP contribution < -0.4 is 5.32 Å². The van der Waals surface area contributed by atoms with E-state index < -0.39 is 9.05 Å². The van der Waals surface area contributed by atoms with Gasteiger partial charge in [0.05, 0.1) is 5.02 Å². The third-order valence-electron chi connectivity index (χ3n) is 3.69. The Bertz CT molecular complexity index is 639. The number of benzene rings is 1. The lowest BCUT2D eigenvalue weighted by atomic mass is 9.70. The number of carbonyl (C=O) groups excluding carboxylic acids is 1. The van der Waals surface area contributed by atoms with Crippen LogP contribution in [0.25, 0.3) is 0 Å². The van der Waals surface area contributed by atoms with Crippen molar-refractivity contribution in [2.45, 2.75) is 31.1 Å². The Morgan fingerprint density at radius 3 is 2.55 bits per heavy atom. The lowest BCUT2D eigenvalue weighted by molar-refractivity contribution is 0.0890. The zero-order valence-electron chi connectivity index (χ0n) is 10.9. The van der Waals surface area contributed by atoms with E-state index in [2.05, 4.69) is 12.2 Å². The molecule has 1 saturated carbocycles. The highest BCUT2D eigenvalue weighted by Crippen LogP contribution is 2.39. The summed E-state index contributed by atoms with van der Waals surface area (Å²) < 4.78 is 22.7. The van der Waals surface area contributed by atoms with Crippen molar-refractivity contribution < 1.29 is 13.2 Å². The van der Waals surface area contributed by atoms with Crippen LogP contribution in [0, 0.1) is 5.41 Å². The Labute approximate surface area is 127 Å². The molecule has 1 aliphatic carbocycles. The van der Waals surface area contributed by atoms with Gasteiger partial charge in [-0.3, -0.25) is 4.79 Å². The summed E-state index contributed by atoms with van der Waals surface area (Å²) in [7, 11) is 1.31. The van der Waals surface area contributed by atoms with Crippen molar-refractivity contribution in [3.05, 3.63) is 28.8 Å². The zero-order valence-corrected chi connectivity index (χ0v) is 13.3. The molecule has 1 N–H and O–H groups in total. The SMILES string of the molecule is CC1(CNC(=O)c2ccc(Cl)c(S(=O)(=O)Cl)c2)CCC1. The van der Waals surface area contributed by atoms with Gasteiger partial charge in [-0.25, -0.2) is 8.42 Å². The normalized spacial score (nSPS) is 17.4. The Morgan fingerprint density at radius 1 is 1.40 bits per heavy atom. The molecule has 0 unspecified atom stereocenters. The molecular weight excluding hydrogens is 321 g/mol. The minimum absolute atomic E-state index is 0.00232. The maximum absolute atomic E-state index is 12.0. The Kier molecular flexibility index (Phi) is 4.33. The average molecular weight is 336 g/mol. The molecule has 1 aromatic carbocycles. The molecule has 1 aromatic rings. The van der Waals surface area contributed by atoms with E-state index in [0.29, 0.717) is 6.54 Å². The second-order valence-electron chi connectivity index (χ2n) is 5.43. The van der Waals surface area contributed by atoms with Gasteiger partial charge in [-0.05, 0) is 36.5 Å². The van der Waals surface area contributed by atoms with E-state index in [0.717, 1.165) is 12.8 Å². The first-order chi connectivity index (χ1) is 9.21. The maximum Gasteiger partial charge on any atom is 0.262 e. The fraction of sp³-hybridized carbons (Fsp3) is 0.462. The minimum Gasteiger partial charge on any atom is -0.351 e. The van der Waals surface area contributed by atoms with Crippen molar-refractivity contribution in [3.8, 4) is 0 Å². The molecule has 4 nitrogen and oxygen atoms in total. The summed E-state index contributed by atoms with van der Waals surface area (Å²) in [5.74, 6) is -0.323. The second-order valence-corrected chi connectivity index (χ2v) is 8.37. The first-order valence-corrected chi connectivity index (χ1v) is 8.92. The molecule has 7 heteroatoms. The number of hydrogen-bond acceptors (Lipinski definition) is 3. The minimum atomic E-state index is -3.97. The summed E-state index contributed by atoms with van der Waals surface area (Å²) in [6.07, 6.45) is 3.37. The largest absolute Gasteiger partial charge is 0.351 e. The maximum atomic E-state index is 12.0. The predicted molar refractivity (Wildman–Crippen MR) is 78.8 cm³/mol. The van der Waals surface area contributed by atoms with Gasteiger partial charge in [0.2, 0.25) is 0 Å². The van der Waals surface area contributed by atoms with Gasteiger partial charge >= 0.3 is 0 Å². The Balaban J connectivity index is 2.14. The lowest BCUT2D eigenvalue weighted by Gasteiger charge is -2.38. The van der Waals surface area contributed by atoms with Crippen molar-refractivity contribution >= 4 is 37.2 Å². The summed E-state index contributed by atoms with van der Waals surface area (Å²) in [4.78, 5) is 11.8. The van der Waals surface area contributed by atoms with Gasteiger partial charge in [-0.2, -0.15) is 0 Å². The van der Waals surface area contributed by atoms with Gasteiger partial charge in [-0.15, -0.1) is 0 Å². The molecule has 1 amide bonds. The number of hydrogen-bond donors (Lipinski definition) is 1. The van der Waals surface area contributed by atoms with E-state index in [1.54, 1.807) is 0 Å². The molecule has 1 fully saturated rings. The van der Waals surface area contributed by atoms with Gasteiger partial charge in [-0.1, -0.05) is 24.9 Å². The van der Waals surface area contributed by atoms with Crippen molar-refractivity contribution in [2.75, 3.05) is 6.54 Å². The number of carbonyl (C=O) groups is 1. The number of amides is 1. The fourth-order valence-electron chi connectivity index (χ4n) is 2.18. The van der Waals surface area contributed by atoms with Crippen LogP contribution in [-0.2, 0) is 9.05 Å². The summed E-state index contributed by atoms with van der Waals surface area (Å²) in [5, 5.41) is 2.82. The van der Waals surface area contributed by atoms with E-state index in [4.69, 9.17) is 22.3 Å². The van der Waals surface area contributed by atoms with Gasteiger partial charge in [0.1, 0.15) is 4.90 Å². The highest BCUT2D eigenvalue weighted by molar-refractivity contribution is 8.13. The van der Waals surface area contributed by atoms with Crippen LogP contribution in [0.1, 0.15) is 36.5 Å². The molecule has 0 radical (unpaired) electrons. The van der Waals surface area contributed by atoms with E-state index in [9.17, 15) is 13.2 Å². The first kappa shape index (κ1) is 15.6. The molecule has 0 heterocycles. The molecule has 0 saturated heterocycles. The van der Waals surface area contributed by atoms with Crippen molar-refractivity contribution in [1.82, 2.24) is 5.32 Å². The number of rotatable bonds is 4. The van der Waals surface area contributed by atoms with Crippen LogP contribution in [0.2, 0.25) is 5.02 Å². The van der Waals surface area contributed by atoms with Crippen LogP contribution in [0.15, 0.2) is 23.1 Å². The molecule has 0 aromatic heterocycles. The molecule has 110 valence electrons. The third-order valence-corrected chi connectivity index (χ3v) is 5.50. The molecule has 1 aliphatic rings. The standard InChI is InChI=1S/C13H15Cl2NO3S/c1-13(5-2-6-13)8-16-12(17)9-3-4-10(14)11(7-9)20(15,18)19/h3-4,7H,2,5-6,8H2,1H3,(H,16,17). The average Bonchev–Trinajstić information content (AvgIpc) is 2.32. The smallest absolute Gasteiger partial charge is 0.262 e. The zero-order chi connectivity index (χ0) is 15.0. The van der Waals surface area contributed by atoms with E-state index in [1.807, 2.05) is 0 Å². The highest BCUT2D eigenvalue weighted by Gasteiger charge is 2.32. The fourth-order valence-corrected chi connectivity index (χ4v) is 3.68. The number of nitrogens with one attached hydrogen (secondary N) is 1. The van der Waals surface area contributed by atoms with E-state index in [1.165, 1.54) is 24.6 Å². The van der Waals surface area contributed by atoms with Crippen LogP contribution in [0.5, 0.6) is 0 Å².